The molecule has 62 heavy (non-hydrogen) atoms. The topological polar surface area (TPSA) is 64.5 Å². The van der Waals surface area contributed by atoms with Crippen molar-refractivity contribution in [2.24, 2.45) is 0 Å². The summed E-state index contributed by atoms with van der Waals surface area (Å²) in [5, 5.41) is 3.48. The van der Waals surface area contributed by atoms with Crippen molar-refractivity contribution >= 4 is 21.7 Å². The SMILES string of the molecule is c1ccc(-c2ccc(-c3nc(-c4ccc(-c5ccccc5)cc4)nc(-c4ccc(-c5ccc(-c6ccc7nc(-c8ccncc8)ccc7c6)c6ccccc56)cc4)n3)cc2)cc1. The first-order chi connectivity index (χ1) is 30.7. The summed E-state index contributed by atoms with van der Waals surface area (Å²) < 4.78 is 0. The van der Waals surface area contributed by atoms with E-state index in [1.165, 1.54) is 27.5 Å². The van der Waals surface area contributed by atoms with Crippen LogP contribution >= 0.6 is 0 Å². The normalized spacial score (nSPS) is 11.2. The molecule has 5 nitrogen and oxygen atoms in total. The minimum Gasteiger partial charge on any atom is -0.265 e. The van der Waals surface area contributed by atoms with Crippen LogP contribution in [0.4, 0.5) is 0 Å². The molecule has 0 saturated carbocycles. The van der Waals surface area contributed by atoms with E-state index in [9.17, 15) is 0 Å². The summed E-state index contributed by atoms with van der Waals surface area (Å²) in [7, 11) is 0. The van der Waals surface area contributed by atoms with Crippen LogP contribution in [-0.4, -0.2) is 24.9 Å². The largest absolute Gasteiger partial charge is 0.265 e. The van der Waals surface area contributed by atoms with Crippen molar-refractivity contribution in [3.63, 3.8) is 0 Å². The van der Waals surface area contributed by atoms with Crippen molar-refractivity contribution in [1.82, 2.24) is 24.9 Å². The molecule has 0 unspecified atom stereocenters. The third kappa shape index (κ3) is 7.18. The average Bonchev–Trinajstić information content (AvgIpc) is 3.36. The predicted octanol–water partition coefficient (Wildman–Crippen LogP) is 14.3. The van der Waals surface area contributed by atoms with Gasteiger partial charge in [-0.15, -0.1) is 0 Å². The van der Waals surface area contributed by atoms with E-state index in [0.717, 1.165) is 66.7 Å². The molecule has 11 rings (SSSR count). The summed E-state index contributed by atoms with van der Waals surface area (Å²) >= 11 is 0. The van der Waals surface area contributed by atoms with Gasteiger partial charge in [0.25, 0.3) is 0 Å². The number of pyridine rings is 2. The lowest BCUT2D eigenvalue weighted by molar-refractivity contribution is 1.07. The van der Waals surface area contributed by atoms with Crippen LogP contribution in [0.3, 0.4) is 0 Å². The molecule has 3 heterocycles. The molecule has 0 aliphatic carbocycles. The molecule has 5 heteroatoms. The van der Waals surface area contributed by atoms with Crippen molar-refractivity contribution < 1.29 is 0 Å². The van der Waals surface area contributed by atoms with Gasteiger partial charge >= 0.3 is 0 Å². The number of hydrogen-bond acceptors (Lipinski definition) is 5. The Labute approximate surface area is 359 Å². The van der Waals surface area contributed by atoms with Crippen molar-refractivity contribution in [3.8, 4) is 89.9 Å². The Kier molecular flexibility index (Phi) is 9.45. The zero-order chi connectivity index (χ0) is 41.2. The summed E-state index contributed by atoms with van der Waals surface area (Å²) in [5.74, 6) is 1.87. The third-order valence-corrected chi connectivity index (χ3v) is 11.5. The quantitative estimate of drug-likeness (QED) is 0.153. The average molecular weight is 792 g/mol. The highest BCUT2D eigenvalue weighted by Gasteiger charge is 2.15. The van der Waals surface area contributed by atoms with Crippen molar-refractivity contribution in [3.05, 3.63) is 225 Å². The van der Waals surface area contributed by atoms with Gasteiger partial charge in [0.2, 0.25) is 0 Å². The van der Waals surface area contributed by atoms with Crippen LogP contribution in [0.15, 0.2) is 225 Å². The number of hydrogen-bond donors (Lipinski definition) is 0. The molecular formula is C57H37N5. The molecule has 8 aromatic carbocycles. The van der Waals surface area contributed by atoms with Gasteiger partial charge in [-0.1, -0.05) is 182 Å². The standard InChI is InChI=1S/C57H37N5/c1-3-9-38(10-4-1)40-15-21-44(22-16-40)55-60-56(45-23-17-41(18-24-45)39-11-5-2-6-12-39)62-57(61-55)46-25-19-42(20-26-46)49-29-30-50(52-14-8-7-13-51(49)52)47-27-31-54-48(37-47)28-32-53(59-54)43-33-35-58-36-34-43/h1-37H. The van der Waals surface area contributed by atoms with Gasteiger partial charge in [-0.25, -0.2) is 19.9 Å². The molecule has 0 radical (unpaired) electrons. The fourth-order valence-electron chi connectivity index (χ4n) is 8.23. The van der Waals surface area contributed by atoms with Crippen LogP contribution in [0.2, 0.25) is 0 Å². The van der Waals surface area contributed by atoms with Crippen LogP contribution in [0.1, 0.15) is 0 Å². The molecule has 0 atom stereocenters. The van der Waals surface area contributed by atoms with E-state index >= 15 is 0 Å². The van der Waals surface area contributed by atoms with E-state index in [2.05, 4.69) is 193 Å². The van der Waals surface area contributed by atoms with Crippen LogP contribution in [0.25, 0.3) is 112 Å². The molecule has 3 aromatic heterocycles. The molecule has 11 aromatic rings. The van der Waals surface area contributed by atoms with Gasteiger partial charge in [-0.05, 0) is 85.6 Å². The number of aromatic nitrogens is 5. The molecule has 0 bridgehead atoms. The van der Waals surface area contributed by atoms with Crippen LogP contribution in [0, 0.1) is 0 Å². The minimum absolute atomic E-state index is 0.620. The first-order valence-electron chi connectivity index (χ1n) is 20.7. The molecule has 0 saturated heterocycles. The monoisotopic (exact) mass is 791 g/mol. The smallest absolute Gasteiger partial charge is 0.164 e. The van der Waals surface area contributed by atoms with Crippen LogP contribution in [-0.2, 0) is 0 Å². The Bertz CT molecular complexity index is 3250. The maximum atomic E-state index is 5.08. The predicted molar refractivity (Wildman–Crippen MR) is 254 cm³/mol. The van der Waals surface area contributed by atoms with Gasteiger partial charge in [0.1, 0.15) is 0 Å². The Balaban J connectivity index is 0.939. The lowest BCUT2D eigenvalue weighted by atomic mass is 9.91. The van der Waals surface area contributed by atoms with Gasteiger partial charge < -0.3 is 0 Å². The van der Waals surface area contributed by atoms with E-state index in [1.807, 2.05) is 24.3 Å². The lowest BCUT2D eigenvalue weighted by Gasteiger charge is -2.13. The van der Waals surface area contributed by atoms with E-state index in [1.54, 1.807) is 12.4 Å². The Morgan fingerprint density at radius 2 is 0.677 bits per heavy atom. The van der Waals surface area contributed by atoms with E-state index < -0.39 is 0 Å². The summed E-state index contributed by atoms with van der Waals surface area (Å²) in [6, 6.07) is 74.1. The first-order valence-corrected chi connectivity index (χ1v) is 20.7. The molecule has 0 fully saturated rings. The van der Waals surface area contributed by atoms with Crippen molar-refractivity contribution in [1.29, 1.82) is 0 Å². The number of fused-ring (bicyclic) bond motifs is 2. The molecule has 0 aliphatic rings. The molecule has 0 amide bonds. The summed E-state index contributed by atoms with van der Waals surface area (Å²) in [6.45, 7) is 0. The van der Waals surface area contributed by atoms with Crippen LogP contribution < -0.4 is 0 Å². The number of nitrogens with zero attached hydrogens (tertiary/aromatic N) is 5. The highest BCUT2D eigenvalue weighted by molar-refractivity contribution is 6.06. The second-order valence-corrected chi connectivity index (χ2v) is 15.3. The van der Waals surface area contributed by atoms with Crippen LogP contribution in [0.5, 0.6) is 0 Å². The third-order valence-electron chi connectivity index (χ3n) is 11.5. The van der Waals surface area contributed by atoms with E-state index in [4.69, 9.17) is 19.9 Å². The molecular weight excluding hydrogens is 755 g/mol. The molecule has 0 N–H and O–H groups in total. The van der Waals surface area contributed by atoms with Gasteiger partial charge in [0.05, 0.1) is 11.2 Å². The maximum absolute atomic E-state index is 5.08. The summed E-state index contributed by atoms with van der Waals surface area (Å²) in [6.07, 6.45) is 3.60. The summed E-state index contributed by atoms with van der Waals surface area (Å²) in [4.78, 5) is 24.3. The fourth-order valence-corrected chi connectivity index (χ4v) is 8.23. The van der Waals surface area contributed by atoms with Crippen molar-refractivity contribution in [2.45, 2.75) is 0 Å². The Hall–Kier alpha value is -8.41. The van der Waals surface area contributed by atoms with Crippen molar-refractivity contribution in [2.75, 3.05) is 0 Å². The second kappa shape index (κ2) is 16.0. The highest BCUT2D eigenvalue weighted by Crippen LogP contribution is 2.38. The zero-order valence-corrected chi connectivity index (χ0v) is 33.6. The lowest BCUT2D eigenvalue weighted by Crippen LogP contribution is -2.00. The number of benzene rings is 8. The van der Waals surface area contributed by atoms with Gasteiger partial charge in [-0.2, -0.15) is 0 Å². The van der Waals surface area contributed by atoms with E-state index in [-0.39, 0.29) is 0 Å². The highest BCUT2D eigenvalue weighted by atomic mass is 15.0. The molecule has 290 valence electrons. The Morgan fingerprint density at radius 3 is 1.19 bits per heavy atom. The zero-order valence-electron chi connectivity index (χ0n) is 33.6. The molecule has 0 spiro atoms. The fraction of sp³-hybridized carbons (Fsp3) is 0. The first kappa shape index (κ1) is 36.7. The maximum Gasteiger partial charge on any atom is 0.164 e. The molecule has 0 aliphatic heterocycles. The summed E-state index contributed by atoms with van der Waals surface area (Å²) in [5.41, 5.74) is 14.9. The second-order valence-electron chi connectivity index (χ2n) is 15.3. The minimum atomic E-state index is 0.620. The Morgan fingerprint density at radius 1 is 0.258 bits per heavy atom. The van der Waals surface area contributed by atoms with Gasteiger partial charge in [0, 0.05) is 40.0 Å². The van der Waals surface area contributed by atoms with Gasteiger partial charge in [0.15, 0.2) is 17.5 Å². The van der Waals surface area contributed by atoms with E-state index in [0.29, 0.717) is 17.5 Å². The van der Waals surface area contributed by atoms with Gasteiger partial charge in [-0.3, -0.25) is 4.98 Å². The number of rotatable bonds is 8.